The fourth-order valence-corrected chi connectivity index (χ4v) is 2.49. The number of rotatable bonds is 2. The second-order valence-corrected chi connectivity index (χ2v) is 5.12. The summed E-state index contributed by atoms with van der Waals surface area (Å²) in [6, 6.07) is 9.92. The van der Waals surface area contributed by atoms with Gasteiger partial charge in [-0.05, 0) is 35.9 Å². The van der Waals surface area contributed by atoms with E-state index < -0.39 is 5.92 Å². The van der Waals surface area contributed by atoms with Crippen LogP contribution in [0.5, 0.6) is 11.5 Å². The van der Waals surface area contributed by atoms with Gasteiger partial charge in [0.15, 0.2) is 5.78 Å². The molecule has 2 aromatic carbocycles. The molecule has 0 bridgehead atoms. The van der Waals surface area contributed by atoms with Gasteiger partial charge in [-0.2, -0.15) is 0 Å². The van der Waals surface area contributed by atoms with E-state index in [1.54, 1.807) is 43.7 Å². The molecule has 1 N–H and O–H groups in total. The van der Waals surface area contributed by atoms with Gasteiger partial charge >= 0.3 is 0 Å². The topological polar surface area (TPSA) is 58.9 Å². The van der Waals surface area contributed by atoms with Crippen LogP contribution >= 0.6 is 11.6 Å². The Kier molecular flexibility index (Phi) is 3.39. The van der Waals surface area contributed by atoms with Gasteiger partial charge < -0.3 is 9.84 Å². The van der Waals surface area contributed by atoms with E-state index in [1.807, 2.05) is 0 Å². The third kappa shape index (κ3) is 2.38. The first-order valence-electron chi connectivity index (χ1n) is 6.35. The van der Waals surface area contributed by atoms with Crippen LogP contribution in [0.1, 0.15) is 21.8 Å². The Morgan fingerprint density at radius 3 is 2.76 bits per heavy atom. The van der Waals surface area contributed by atoms with Gasteiger partial charge in [-0.15, -0.1) is 0 Å². The van der Waals surface area contributed by atoms with Gasteiger partial charge in [-0.1, -0.05) is 17.7 Å². The van der Waals surface area contributed by atoms with Crippen LogP contribution in [0.15, 0.2) is 41.4 Å². The summed E-state index contributed by atoms with van der Waals surface area (Å²) >= 11 is 5.90. The highest BCUT2D eigenvalue weighted by Crippen LogP contribution is 2.35. The number of aliphatic imine (C=N–C) groups is 1. The largest absolute Gasteiger partial charge is 0.506 e. The van der Waals surface area contributed by atoms with Crippen molar-refractivity contribution >= 4 is 29.3 Å². The number of halogens is 1. The van der Waals surface area contributed by atoms with E-state index >= 15 is 0 Å². The number of hydrogen-bond acceptors (Lipinski definition) is 4. The van der Waals surface area contributed by atoms with Crippen molar-refractivity contribution in [1.82, 2.24) is 0 Å². The van der Waals surface area contributed by atoms with E-state index in [2.05, 4.69) is 4.99 Å². The maximum atomic E-state index is 12.6. The maximum absolute atomic E-state index is 12.6. The highest BCUT2D eigenvalue weighted by molar-refractivity contribution is 6.32. The molecule has 4 nitrogen and oxygen atoms in total. The van der Waals surface area contributed by atoms with Crippen molar-refractivity contribution in [3.63, 3.8) is 0 Å². The summed E-state index contributed by atoms with van der Waals surface area (Å²) in [4.78, 5) is 17.0. The van der Waals surface area contributed by atoms with E-state index in [4.69, 9.17) is 16.3 Å². The third-order valence-electron chi connectivity index (χ3n) is 3.45. The lowest BCUT2D eigenvalue weighted by Gasteiger charge is -2.18. The zero-order chi connectivity index (χ0) is 15.0. The summed E-state index contributed by atoms with van der Waals surface area (Å²) in [5.41, 5.74) is 1.84. The first kappa shape index (κ1) is 13.6. The van der Waals surface area contributed by atoms with Crippen molar-refractivity contribution < 1.29 is 14.6 Å². The highest BCUT2D eigenvalue weighted by Gasteiger charge is 2.27. The van der Waals surface area contributed by atoms with E-state index in [9.17, 15) is 9.90 Å². The van der Waals surface area contributed by atoms with Gasteiger partial charge in [0.25, 0.3) is 0 Å². The van der Waals surface area contributed by atoms with E-state index in [0.717, 1.165) is 0 Å². The lowest BCUT2D eigenvalue weighted by atomic mass is 9.88. The summed E-state index contributed by atoms with van der Waals surface area (Å²) in [5, 5.41) is 9.68. The van der Waals surface area contributed by atoms with Crippen molar-refractivity contribution in [3.8, 4) is 11.5 Å². The highest BCUT2D eigenvalue weighted by atomic mass is 35.5. The molecule has 0 saturated carbocycles. The maximum Gasteiger partial charge on any atom is 0.177 e. The molecular weight excluding hydrogens is 290 g/mol. The van der Waals surface area contributed by atoms with Gasteiger partial charge in [-0.3, -0.25) is 9.79 Å². The molecule has 1 atom stereocenters. The number of phenolic OH excluding ortho intramolecular Hbond substituents is 1. The lowest BCUT2D eigenvalue weighted by Crippen LogP contribution is -2.17. The third-order valence-corrected chi connectivity index (χ3v) is 3.75. The number of Topliss-reactive ketones (excluding diaryl/α,β-unsaturated/α-hetero) is 1. The second kappa shape index (κ2) is 5.22. The Labute approximate surface area is 126 Å². The molecule has 0 saturated heterocycles. The molecule has 106 valence electrons. The molecule has 3 rings (SSSR count). The van der Waals surface area contributed by atoms with Crippen LogP contribution in [0.4, 0.5) is 5.69 Å². The van der Waals surface area contributed by atoms with E-state index in [1.165, 1.54) is 6.07 Å². The number of fused-ring (bicyclic) bond motifs is 1. The molecule has 0 amide bonds. The smallest absolute Gasteiger partial charge is 0.177 e. The molecule has 0 aliphatic carbocycles. The molecule has 21 heavy (non-hydrogen) atoms. The van der Waals surface area contributed by atoms with Crippen molar-refractivity contribution in [2.75, 3.05) is 7.11 Å². The van der Waals surface area contributed by atoms with Gasteiger partial charge in [0.05, 0.1) is 23.7 Å². The van der Waals surface area contributed by atoms with Crippen molar-refractivity contribution in [1.29, 1.82) is 0 Å². The predicted molar refractivity (Wildman–Crippen MR) is 81.3 cm³/mol. The molecule has 0 radical (unpaired) electrons. The molecule has 1 unspecified atom stereocenters. The summed E-state index contributed by atoms with van der Waals surface area (Å²) in [6.45, 7) is 0. The van der Waals surface area contributed by atoms with Crippen molar-refractivity contribution in [2.45, 2.75) is 5.92 Å². The summed E-state index contributed by atoms with van der Waals surface area (Å²) in [5.74, 6) is 0.0211. The lowest BCUT2D eigenvalue weighted by molar-refractivity contribution is 0.0983. The number of hydrogen-bond donors (Lipinski definition) is 1. The van der Waals surface area contributed by atoms with Crippen LogP contribution in [-0.2, 0) is 0 Å². The summed E-state index contributed by atoms with van der Waals surface area (Å²) in [6.07, 6.45) is 1.60. The number of methoxy groups -OCH3 is 1. The molecule has 0 spiro atoms. The van der Waals surface area contributed by atoms with Crippen molar-refractivity contribution in [3.05, 3.63) is 52.5 Å². The quantitative estimate of drug-likeness (QED) is 0.919. The van der Waals surface area contributed by atoms with Crippen LogP contribution in [0.25, 0.3) is 0 Å². The van der Waals surface area contributed by atoms with E-state index in [0.29, 0.717) is 22.6 Å². The number of benzene rings is 2. The fourth-order valence-electron chi connectivity index (χ4n) is 2.30. The summed E-state index contributed by atoms with van der Waals surface area (Å²) in [7, 11) is 1.55. The molecule has 5 heteroatoms. The van der Waals surface area contributed by atoms with E-state index in [-0.39, 0.29) is 16.6 Å². The Balaban J connectivity index is 2.03. The van der Waals surface area contributed by atoms with Gasteiger partial charge in [0.1, 0.15) is 11.5 Å². The van der Waals surface area contributed by atoms with Crippen LogP contribution in [-0.4, -0.2) is 24.2 Å². The number of aromatic hydroxyl groups is 1. The zero-order valence-electron chi connectivity index (χ0n) is 11.2. The van der Waals surface area contributed by atoms with Crippen LogP contribution in [0.2, 0.25) is 5.02 Å². The normalized spacial score (nSPS) is 16.7. The minimum Gasteiger partial charge on any atom is -0.506 e. The zero-order valence-corrected chi connectivity index (χ0v) is 12.0. The Morgan fingerprint density at radius 1 is 1.24 bits per heavy atom. The summed E-state index contributed by atoms with van der Waals surface area (Å²) < 4.78 is 5.15. The van der Waals surface area contributed by atoms with Gasteiger partial charge in [0.2, 0.25) is 0 Å². The first-order chi connectivity index (χ1) is 10.1. The second-order valence-electron chi connectivity index (χ2n) is 4.71. The standard InChI is InChI=1S/C16H12ClNO3/c1-21-10-3-4-14-11(7-10)16(20)12(8-18-14)9-2-5-15(19)13(17)6-9/h2-8,12,19H,1H3. The number of phenols is 1. The minimum atomic E-state index is -0.511. The Morgan fingerprint density at radius 2 is 2.05 bits per heavy atom. The molecule has 0 aromatic heterocycles. The van der Waals surface area contributed by atoms with Crippen molar-refractivity contribution in [2.24, 2.45) is 4.99 Å². The van der Waals surface area contributed by atoms with Crippen LogP contribution in [0.3, 0.4) is 0 Å². The molecular formula is C16H12ClNO3. The van der Waals surface area contributed by atoms with Gasteiger partial charge in [-0.25, -0.2) is 0 Å². The number of ether oxygens (including phenoxy) is 1. The molecule has 0 fully saturated rings. The number of nitrogens with zero attached hydrogens (tertiary/aromatic N) is 1. The molecule has 1 aliphatic rings. The fraction of sp³-hybridized carbons (Fsp3) is 0.125. The SMILES string of the molecule is COc1ccc2c(c1)C(=O)C(c1ccc(O)c(Cl)c1)C=N2. The minimum absolute atomic E-state index is 0.0114. The molecule has 1 aliphatic heterocycles. The average Bonchev–Trinajstić information content (AvgIpc) is 2.50. The molecule has 2 aromatic rings. The Bertz CT molecular complexity index is 755. The van der Waals surface area contributed by atoms with Crippen LogP contribution in [0, 0.1) is 0 Å². The molecule has 1 heterocycles. The monoisotopic (exact) mass is 301 g/mol. The average molecular weight is 302 g/mol. The first-order valence-corrected chi connectivity index (χ1v) is 6.73. The number of ketones is 1. The number of carbonyl (C=O) groups is 1. The Hall–Kier alpha value is -2.33. The van der Waals surface area contributed by atoms with Gasteiger partial charge in [0, 0.05) is 11.8 Å². The predicted octanol–water partition coefficient (Wildman–Crippen LogP) is 3.74. The number of carbonyl (C=O) groups excluding carboxylic acids is 1. The van der Waals surface area contributed by atoms with Crippen LogP contribution < -0.4 is 4.74 Å².